The minimum absolute atomic E-state index is 0.0631. The summed E-state index contributed by atoms with van der Waals surface area (Å²) in [6.07, 6.45) is 0. The Bertz CT molecular complexity index is 609. The van der Waals surface area contributed by atoms with Gasteiger partial charge >= 0.3 is 11.8 Å². The summed E-state index contributed by atoms with van der Waals surface area (Å²) in [5.41, 5.74) is -1.16. The summed E-state index contributed by atoms with van der Waals surface area (Å²) in [5.74, 6) is -3.61. The van der Waals surface area contributed by atoms with Crippen LogP contribution < -0.4 is 4.74 Å². The van der Waals surface area contributed by atoms with Crippen molar-refractivity contribution in [1.29, 1.82) is 0 Å². The monoisotopic (exact) mass is 298 g/mol. The number of ether oxygens (including phenoxy) is 2. The van der Waals surface area contributed by atoms with Gasteiger partial charge in [-0.3, -0.25) is 0 Å². The van der Waals surface area contributed by atoms with Crippen molar-refractivity contribution in [3.63, 3.8) is 0 Å². The number of aromatic nitrogens is 2. The maximum Gasteiger partial charge on any atom is 0.350 e. The molecule has 0 saturated carbocycles. The zero-order valence-electron chi connectivity index (χ0n) is 12.2. The van der Waals surface area contributed by atoms with Crippen LogP contribution in [0.3, 0.4) is 0 Å². The number of rotatable bonds is 5. The molecule has 0 spiro atoms. The third-order valence-corrected chi connectivity index (χ3v) is 3.20. The Morgan fingerprint density at radius 3 is 2.24 bits per heavy atom. The third kappa shape index (κ3) is 2.87. The quantitative estimate of drug-likeness (QED) is 0.849. The zero-order valence-corrected chi connectivity index (χ0v) is 12.2. The fraction of sp³-hybridized carbons (Fsp3) is 0.429. The Hall–Kier alpha value is -2.02. The Labute approximate surface area is 120 Å². The van der Waals surface area contributed by atoms with E-state index in [1.807, 2.05) is 0 Å². The van der Waals surface area contributed by atoms with Gasteiger partial charge in [-0.2, -0.15) is 13.8 Å². The molecule has 2 rings (SSSR count). The molecule has 0 bridgehead atoms. The summed E-state index contributed by atoms with van der Waals surface area (Å²) in [7, 11) is 2.90. The molecule has 7 heteroatoms. The van der Waals surface area contributed by atoms with Crippen molar-refractivity contribution in [3.05, 3.63) is 41.5 Å². The number of benzene rings is 1. The van der Waals surface area contributed by atoms with Crippen molar-refractivity contribution in [2.24, 2.45) is 0 Å². The summed E-state index contributed by atoms with van der Waals surface area (Å²) >= 11 is 0. The van der Waals surface area contributed by atoms with Crippen molar-refractivity contribution in [3.8, 4) is 5.75 Å². The highest BCUT2D eigenvalue weighted by molar-refractivity contribution is 5.32. The molecule has 0 radical (unpaired) electrons. The van der Waals surface area contributed by atoms with Crippen LogP contribution in [0.5, 0.6) is 5.75 Å². The molecule has 0 fully saturated rings. The van der Waals surface area contributed by atoms with E-state index >= 15 is 0 Å². The van der Waals surface area contributed by atoms with Crippen molar-refractivity contribution in [2.45, 2.75) is 25.4 Å². The number of hydrogen-bond donors (Lipinski definition) is 0. The molecule has 0 unspecified atom stereocenters. The van der Waals surface area contributed by atoms with E-state index in [9.17, 15) is 8.78 Å². The van der Waals surface area contributed by atoms with Gasteiger partial charge in [-0.25, -0.2) is 0 Å². The molecule has 0 atom stereocenters. The normalized spacial score (nSPS) is 12.5. The molecule has 21 heavy (non-hydrogen) atoms. The van der Waals surface area contributed by atoms with Gasteiger partial charge in [0.25, 0.3) is 0 Å². The molecule has 0 saturated heterocycles. The van der Waals surface area contributed by atoms with Gasteiger partial charge < -0.3 is 14.0 Å². The number of alkyl halides is 2. The Morgan fingerprint density at radius 2 is 1.71 bits per heavy atom. The van der Waals surface area contributed by atoms with E-state index in [0.717, 1.165) is 0 Å². The molecule has 1 aromatic carbocycles. The van der Waals surface area contributed by atoms with Crippen LogP contribution in [0, 0.1) is 0 Å². The van der Waals surface area contributed by atoms with Gasteiger partial charge in [0.2, 0.25) is 5.82 Å². The van der Waals surface area contributed by atoms with Gasteiger partial charge in [-0.05, 0) is 38.1 Å². The fourth-order valence-corrected chi connectivity index (χ4v) is 1.61. The first-order valence-electron chi connectivity index (χ1n) is 6.23. The number of nitrogens with zero attached hydrogens (tertiary/aromatic N) is 2. The first kappa shape index (κ1) is 15.4. The molecule has 5 nitrogen and oxygen atoms in total. The Morgan fingerprint density at radius 1 is 1.10 bits per heavy atom. The van der Waals surface area contributed by atoms with E-state index in [4.69, 9.17) is 14.0 Å². The van der Waals surface area contributed by atoms with Crippen LogP contribution in [-0.4, -0.2) is 24.4 Å². The largest absolute Gasteiger partial charge is 0.497 e. The van der Waals surface area contributed by atoms with Crippen molar-refractivity contribution >= 4 is 0 Å². The number of hydrogen-bond acceptors (Lipinski definition) is 5. The average Bonchev–Trinajstić information content (AvgIpc) is 2.98. The molecule has 0 aliphatic rings. The average molecular weight is 298 g/mol. The van der Waals surface area contributed by atoms with Gasteiger partial charge in [0, 0.05) is 12.7 Å². The highest BCUT2D eigenvalue weighted by Gasteiger charge is 2.42. The lowest BCUT2D eigenvalue weighted by Gasteiger charge is -2.17. The van der Waals surface area contributed by atoms with Crippen molar-refractivity contribution in [1.82, 2.24) is 10.1 Å². The fourth-order valence-electron chi connectivity index (χ4n) is 1.61. The highest BCUT2D eigenvalue weighted by atomic mass is 19.3. The smallest absolute Gasteiger partial charge is 0.350 e. The van der Waals surface area contributed by atoms with E-state index in [1.165, 1.54) is 38.5 Å². The van der Waals surface area contributed by atoms with E-state index in [-0.39, 0.29) is 11.4 Å². The second kappa shape index (κ2) is 5.40. The maximum atomic E-state index is 14.4. The first-order valence-corrected chi connectivity index (χ1v) is 6.23. The summed E-state index contributed by atoms with van der Waals surface area (Å²) < 4.78 is 43.5. The second-order valence-electron chi connectivity index (χ2n) is 4.94. The highest BCUT2D eigenvalue weighted by Crippen LogP contribution is 2.36. The Kier molecular flexibility index (Phi) is 3.95. The number of halogens is 2. The maximum absolute atomic E-state index is 14.4. The van der Waals surface area contributed by atoms with Gasteiger partial charge in [0.05, 0.1) is 7.11 Å². The van der Waals surface area contributed by atoms with Gasteiger partial charge in [-0.1, -0.05) is 5.16 Å². The molecular weight excluding hydrogens is 282 g/mol. The molecule has 1 aromatic heterocycles. The first-order chi connectivity index (χ1) is 9.81. The number of methoxy groups -OCH3 is 2. The Balaban J connectivity index is 2.34. The minimum Gasteiger partial charge on any atom is -0.497 e. The van der Waals surface area contributed by atoms with E-state index < -0.39 is 17.4 Å². The topological polar surface area (TPSA) is 57.4 Å². The molecule has 1 heterocycles. The zero-order chi connectivity index (χ0) is 15.7. The van der Waals surface area contributed by atoms with Crippen LogP contribution in [0.25, 0.3) is 0 Å². The van der Waals surface area contributed by atoms with Crippen LogP contribution in [0.4, 0.5) is 8.78 Å². The lowest BCUT2D eigenvalue weighted by molar-refractivity contribution is 0.00714. The van der Waals surface area contributed by atoms with Crippen molar-refractivity contribution in [2.75, 3.05) is 14.2 Å². The second-order valence-corrected chi connectivity index (χ2v) is 4.94. The standard InChI is InChI=1S/C14H16F2N2O3/c1-13(2,20-4)11-17-12(21-18-11)14(15,16)9-5-7-10(19-3)8-6-9/h5-8H,1-4H3. The van der Waals surface area contributed by atoms with E-state index in [2.05, 4.69) is 10.1 Å². The minimum atomic E-state index is -3.39. The molecular formula is C14H16F2N2O3. The summed E-state index contributed by atoms with van der Waals surface area (Å²) in [5, 5.41) is 3.57. The van der Waals surface area contributed by atoms with Crippen LogP contribution in [0.15, 0.2) is 28.8 Å². The predicted octanol–water partition coefficient (Wildman–Crippen LogP) is 3.10. The molecule has 0 aliphatic carbocycles. The van der Waals surface area contributed by atoms with Crippen LogP contribution in [-0.2, 0) is 16.3 Å². The molecule has 0 amide bonds. The van der Waals surface area contributed by atoms with E-state index in [0.29, 0.717) is 5.75 Å². The molecule has 0 aliphatic heterocycles. The van der Waals surface area contributed by atoms with Crippen molar-refractivity contribution < 1.29 is 22.8 Å². The third-order valence-electron chi connectivity index (χ3n) is 3.20. The SMILES string of the molecule is COc1ccc(C(F)(F)c2nc(C(C)(C)OC)no2)cc1. The molecule has 2 aromatic rings. The predicted molar refractivity (Wildman–Crippen MR) is 70.3 cm³/mol. The van der Waals surface area contributed by atoms with Gasteiger partial charge in [0.15, 0.2) is 0 Å². The summed E-state index contributed by atoms with van der Waals surface area (Å²) in [4.78, 5) is 3.76. The van der Waals surface area contributed by atoms with Gasteiger partial charge in [0.1, 0.15) is 11.4 Å². The lowest BCUT2D eigenvalue weighted by atomic mass is 10.1. The summed E-state index contributed by atoms with van der Waals surface area (Å²) in [6.45, 7) is 3.32. The van der Waals surface area contributed by atoms with E-state index in [1.54, 1.807) is 13.8 Å². The molecule has 0 N–H and O–H groups in total. The molecule has 114 valence electrons. The van der Waals surface area contributed by atoms with Crippen LogP contribution in [0.1, 0.15) is 31.1 Å². The van der Waals surface area contributed by atoms with Gasteiger partial charge in [-0.15, -0.1) is 0 Å². The lowest BCUT2D eigenvalue weighted by Crippen LogP contribution is -2.22. The van der Waals surface area contributed by atoms with Crippen LogP contribution >= 0.6 is 0 Å². The summed E-state index contributed by atoms with van der Waals surface area (Å²) in [6, 6.07) is 5.40. The van der Waals surface area contributed by atoms with Crippen LogP contribution in [0.2, 0.25) is 0 Å².